The molecule has 0 aliphatic rings. The molecular weight excluding hydrogens is 356 g/mol. The Bertz CT molecular complexity index is 965. The summed E-state index contributed by atoms with van der Waals surface area (Å²) in [7, 11) is 0. The Balaban J connectivity index is 1.85. The van der Waals surface area contributed by atoms with Gasteiger partial charge in [0.25, 0.3) is 5.91 Å². The molecule has 0 bridgehead atoms. The Hall–Kier alpha value is -3.67. The van der Waals surface area contributed by atoms with E-state index >= 15 is 0 Å². The van der Waals surface area contributed by atoms with Crippen LogP contribution in [0.4, 0.5) is 5.69 Å². The zero-order chi connectivity index (χ0) is 20.1. The molecule has 0 spiro atoms. The van der Waals surface area contributed by atoms with Crippen LogP contribution in [0, 0.1) is 19.1 Å². The number of rotatable bonds is 5. The molecule has 0 saturated heterocycles. The predicted octanol–water partition coefficient (Wildman–Crippen LogP) is 3.47. The summed E-state index contributed by atoms with van der Waals surface area (Å²) in [5.41, 5.74) is 3.39. The Labute approximate surface area is 163 Å². The van der Waals surface area contributed by atoms with Gasteiger partial charge in [-0.25, -0.2) is 4.79 Å². The molecule has 1 amide bonds. The largest absolute Gasteiger partial charge is 0.619 e. The minimum absolute atomic E-state index is 0.187. The molecule has 1 unspecified atom stereocenters. The summed E-state index contributed by atoms with van der Waals surface area (Å²) in [6.07, 6.45) is 1.27. The first-order chi connectivity index (χ1) is 13.4. The van der Waals surface area contributed by atoms with Crippen LogP contribution in [-0.2, 0) is 9.53 Å². The number of aryl methyl sites for hydroxylation is 2. The van der Waals surface area contributed by atoms with Crippen molar-refractivity contribution in [1.82, 2.24) is 0 Å². The lowest BCUT2D eigenvalue weighted by molar-refractivity contribution is -0.605. The van der Waals surface area contributed by atoms with Gasteiger partial charge < -0.3 is 15.3 Å². The minimum Gasteiger partial charge on any atom is -0.619 e. The van der Waals surface area contributed by atoms with Crippen LogP contribution in [0.1, 0.15) is 33.2 Å². The van der Waals surface area contributed by atoms with E-state index in [1.54, 1.807) is 24.3 Å². The van der Waals surface area contributed by atoms with E-state index in [4.69, 9.17) is 4.74 Å². The van der Waals surface area contributed by atoms with Crippen molar-refractivity contribution in [3.8, 4) is 0 Å². The van der Waals surface area contributed by atoms with Crippen molar-refractivity contribution < 1.29 is 19.1 Å². The molecule has 0 fully saturated rings. The van der Waals surface area contributed by atoms with Gasteiger partial charge in [-0.3, -0.25) is 4.79 Å². The Kier molecular flexibility index (Phi) is 5.69. The van der Waals surface area contributed by atoms with Crippen LogP contribution in [0.3, 0.4) is 0 Å². The van der Waals surface area contributed by atoms with Crippen LogP contribution >= 0.6 is 0 Å². The van der Waals surface area contributed by atoms with E-state index < -0.39 is 18.0 Å². The van der Waals surface area contributed by atoms with E-state index in [-0.39, 0.29) is 5.56 Å². The average molecular weight is 376 g/mol. The summed E-state index contributed by atoms with van der Waals surface area (Å²) in [6.45, 7) is 3.88. The van der Waals surface area contributed by atoms with Gasteiger partial charge in [-0.1, -0.05) is 36.4 Å². The van der Waals surface area contributed by atoms with Gasteiger partial charge in [-0.2, -0.15) is 4.73 Å². The fourth-order valence-electron chi connectivity index (χ4n) is 2.88. The van der Waals surface area contributed by atoms with E-state index in [0.29, 0.717) is 16.0 Å². The second-order valence-corrected chi connectivity index (χ2v) is 6.51. The zero-order valence-corrected chi connectivity index (χ0v) is 15.6. The van der Waals surface area contributed by atoms with E-state index in [9.17, 15) is 14.8 Å². The second-order valence-electron chi connectivity index (χ2n) is 6.51. The van der Waals surface area contributed by atoms with Crippen molar-refractivity contribution in [2.45, 2.75) is 20.0 Å². The summed E-state index contributed by atoms with van der Waals surface area (Å²) >= 11 is 0. The number of carbonyl (C=O) groups is 2. The topological polar surface area (TPSA) is 82.3 Å². The van der Waals surface area contributed by atoms with E-state index in [2.05, 4.69) is 5.32 Å². The smallest absolute Gasteiger partial charge is 0.339 e. The number of carbonyl (C=O) groups excluding carboxylic acids is 2. The molecule has 28 heavy (non-hydrogen) atoms. The maximum Gasteiger partial charge on any atom is 0.339 e. The number of aromatic nitrogens is 1. The zero-order valence-electron chi connectivity index (χ0n) is 15.6. The van der Waals surface area contributed by atoms with Gasteiger partial charge in [0, 0.05) is 23.4 Å². The summed E-state index contributed by atoms with van der Waals surface area (Å²) in [4.78, 5) is 25.4. The number of esters is 1. The lowest BCUT2D eigenvalue weighted by Gasteiger charge is -2.18. The van der Waals surface area contributed by atoms with E-state index in [0.717, 1.165) is 11.1 Å². The standard InChI is InChI=1S/C22H20N2O4/c1-15-12-16(2)14-19(13-15)23-21(25)20(17-6-4-3-5-7-17)28-22(26)18-8-10-24(27)11-9-18/h3-14,20H,1-2H3,(H,23,25). The number of pyridine rings is 1. The van der Waals surface area contributed by atoms with Crippen LogP contribution in [-0.4, -0.2) is 11.9 Å². The Morgan fingerprint density at radius 2 is 1.57 bits per heavy atom. The van der Waals surface area contributed by atoms with Gasteiger partial charge in [0.15, 0.2) is 12.4 Å². The molecule has 0 radical (unpaired) electrons. The van der Waals surface area contributed by atoms with Crippen LogP contribution in [0.25, 0.3) is 0 Å². The maximum absolute atomic E-state index is 12.9. The molecule has 6 nitrogen and oxygen atoms in total. The summed E-state index contributed by atoms with van der Waals surface area (Å²) < 4.78 is 6.06. The fourth-order valence-corrected chi connectivity index (χ4v) is 2.88. The molecule has 0 aliphatic carbocycles. The highest BCUT2D eigenvalue weighted by Gasteiger charge is 2.26. The van der Waals surface area contributed by atoms with Crippen LogP contribution < -0.4 is 10.0 Å². The highest BCUT2D eigenvalue weighted by molar-refractivity contribution is 5.98. The number of hydrogen-bond donors (Lipinski definition) is 1. The molecular formula is C22H20N2O4. The summed E-state index contributed by atoms with van der Waals surface area (Å²) in [5.74, 6) is -1.15. The highest BCUT2D eigenvalue weighted by atomic mass is 16.5. The molecule has 1 atom stereocenters. The number of hydrogen-bond acceptors (Lipinski definition) is 4. The Morgan fingerprint density at radius 3 is 2.18 bits per heavy atom. The normalized spacial score (nSPS) is 11.5. The third-order valence-corrected chi connectivity index (χ3v) is 4.09. The van der Waals surface area contributed by atoms with Gasteiger partial charge in [0.2, 0.25) is 6.10 Å². The van der Waals surface area contributed by atoms with Gasteiger partial charge in [0.1, 0.15) is 0 Å². The van der Waals surface area contributed by atoms with Crippen molar-refractivity contribution in [2.24, 2.45) is 0 Å². The van der Waals surface area contributed by atoms with Crippen molar-refractivity contribution in [3.05, 3.63) is 101 Å². The molecule has 0 saturated carbocycles. The van der Waals surface area contributed by atoms with E-state index in [1.165, 1.54) is 24.5 Å². The van der Waals surface area contributed by atoms with Crippen LogP contribution in [0.15, 0.2) is 73.1 Å². The summed E-state index contributed by atoms with van der Waals surface area (Å²) in [6, 6.07) is 17.2. The van der Waals surface area contributed by atoms with Gasteiger partial charge in [-0.05, 0) is 37.1 Å². The monoisotopic (exact) mass is 376 g/mol. The molecule has 1 aromatic heterocycles. The number of nitrogens with zero attached hydrogens (tertiary/aromatic N) is 1. The second kappa shape index (κ2) is 8.35. The third-order valence-electron chi connectivity index (χ3n) is 4.09. The molecule has 3 rings (SSSR count). The first-order valence-electron chi connectivity index (χ1n) is 8.76. The highest BCUT2D eigenvalue weighted by Crippen LogP contribution is 2.22. The average Bonchev–Trinajstić information content (AvgIpc) is 2.66. The van der Waals surface area contributed by atoms with Crippen molar-refractivity contribution >= 4 is 17.6 Å². The molecule has 142 valence electrons. The van der Waals surface area contributed by atoms with Crippen LogP contribution in [0.2, 0.25) is 0 Å². The number of benzene rings is 2. The summed E-state index contributed by atoms with van der Waals surface area (Å²) in [5, 5.41) is 14.0. The number of anilines is 1. The molecule has 3 aromatic rings. The van der Waals surface area contributed by atoms with Crippen molar-refractivity contribution in [2.75, 3.05) is 5.32 Å². The first kappa shape index (κ1) is 19.1. The van der Waals surface area contributed by atoms with E-state index in [1.807, 2.05) is 38.1 Å². The molecule has 1 N–H and O–H groups in total. The Morgan fingerprint density at radius 1 is 0.964 bits per heavy atom. The molecule has 6 heteroatoms. The number of nitrogens with one attached hydrogen (secondary N) is 1. The fraction of sp³-hybridized carbons (Fsp3) is 0.136. The van der Waals surface area contributed by atoms with Crippen LogP contribution in [0.5, 0.6) is 0 Å². The first-order valence-corrected chi connectivity index (χ1v) is 8.76. The molecule has 1 heterocycles. The predicted molar refractivity (Wildman–Crippen MR) is 105 cm³/mol. The number of amides is 1. The van der Waals surface area contributed by atoms with Gasteiger partial charge in [-0.15, -0.1) is 0 Å². The SMILES string of the molecule is Cc1cc(C)cc(NC(=O)C(OC(=O)c2cc[n+]([O-])cc2)c2ccccc2)c1. The third kappa shape index (κ3) is 4.73. The van der Waals surface area contributed by atoms with Crippen molar-refractivity contribution in [1.29, 1.82) is 0 Å². The lowest BCUT2D eigenvalue weighted by atomic mass is 10.1. The quantitative estimate of drug-likeness (QED) is 0.420. The van der Waals surface area contributed by atoms with Gasteiger partial charge >= 0.3 is 5.97 Å². The minimum atomic E-state index is -1.13. The van der Waals surface area contributed by atoms with Gasteiger partial charge in [0.05, 0.1) is 5.56 Å². The van der Waals surface area contributed by atoms with Crippen molar-refractivity contribution in [3.63, 3.8) is 0 Å². The molecule has 2 aromatic carbocycles. The number of ether oxygens (including phenoxy) is 1. The maximum atomic E-state index is 12.9. The lowest BCUT2D eigenvalue weighted by Crippen LogP contribution is -2.27. The molecule has 0 aliphatic heterocycles.